The third-order valence-corrected chi connectivity index (χ3v) is 3.38. The summed E-state index contributed by atoms with van der Waals surface area (Å²) in [6.07, 6.45) is -2.18. The second-order valence-corrected chi connectivity index (χ2v) is 5.36. The van der Waals surface area contributed by atoms with Crippen LogP contribution in [-0.2, 0) is 0 Å². The average Bonchev–Trinajstić information content (AvgIpc) is 2.57. The molecule has 0 fully saturated rings. The zero-order chi connectivity index (χ0) is 17.4. The van der Waals surface area contributed by atoms with E-state index < -0.39 is 18.5 Å². The Morgan fingerprint density at radius 3 is 2.50 bits per heavy atom. The number of carbonyl (C=O) groups excluding carboxylic acids is 1. The number of halogens is 3. The maximum absolute atomic E-state index is 12.7. The number of nitrogens with zero attached hydrogens (tertiary/aromatic N) is 1. The van der Waals surface area contributed by atoms with Gasteiger partial charge in [-0.15, -0.1) is 0 Å². The van der Waals surface area contributed by atoms with E-state index in [0.717, 1.165) is 0 Å². The molecule has 124 valence electrons. The number of aromatic nitrogens is 1. The van der Waals surface area contributed by atoms with Crippen molar-refractivity contribution in [3.8, 4) is 11.8 Å². The van der Waals surface area contributed by atoms with Gasteiger partial charge in [0.05, 0.1) is 6.42 Å². The molecule has 0 saturated carbocycles. The topological polar surface area (TPSA) is 30.0 Å². The first-order valence-electron chi connectivity index (χ1n) is 7.50. The fraction of sp³-hybridized carbons (Fsp3) is 0.263. The number of benzene rings is 1. The minimum Gasteiger partial charge on any atom is -0.294 e. The summed E-state index contributed by atoms with van der Waals surface area (Å²) in [5.74, 6) is 4.25. The van der Waals surface area contributed by atoms with Crippen LogP contribution in [0.4, 0.5) is 13.2 Å². The standard InChI is InChI=1S/C19H16F3NO/c20-19(21,22)13-15(8-9-16-5-4-12-23-14-16)10-11-18(24)17-6-2-1-3-7-17/h1-7,12,14-15H,10-11,13H2. The van der Waals surface area contributed by atoms with Crippen molar-refractivity contribution in [3.05, 3.63) is 66.0 Å². The number of pyridine rings is 1. The van der Waals surface area contributed by atoms with E-state index >= 15 is 0 Å². The summed E-state index contributed by atoms with van der Waals surface area (Å²) in [5, 5.41) is 0. The monoisotopic (exact) mass is 331 g/mol. The molecule has 1 aromatic heterocycles. The van der Waals surface area contributed by atoms with Crippen molar-refractivity contribution in [2.75, 3.05) is 0 Å². The summed E-state index contributed by atoms with van der Waals surface area (Å²) >= 11 is 0. The number of alkyl halides is 3. The first-order valence-corrected chi connectivity index (χ1v) is 7.50. The van der Waals surface area contributed by atoms with Gasteiger partial charge in [0.1, 0.15) is 0 Å². The van der Waals surface area contributed by atoms with Crippen LogP contribution in [0.2, 0.25) is 0 Å². The average molecular weight is 331 g/mol. The van der Waals surface area contributed by atoms with Crippen LogP contribution in [0.25, 0.3) is 0 Å². The Hall–Kier alpha value is -2.61. The van der Waals surface area contributed by atoms with Gasteiger partial charge >= 0.3 is 6.18 Å². The Kier molecular flexibility index (Phi) is 6.14. The Bertz CT molecular complexity index is 715. The molecule has 0 radical (unpaired) electrons. The zero-order valence-corrected chi connectivity index (χ0v) is 12.9. The van der Waals surface area contributed by atoms with Crippen LogP contribution >= 0.6 is 0 Å². The van der Waals surface area contributed by atoms with Gasteiger partial charge in [-0.2, -0.15) is 13.2 Å². The molecule has 0 N–H and O–H groups in total. The normalized spacial score (nSPS) is 12.1. The fourth-order valence-electron chi connectivity index (χ4n) is 2.20. The lowest BCUT2D eigenvalue weighted by Gasteiger charge is -2.13. The lowest BCUT2D eigenvalue weighted by atomic mass is 9.96. The Morgan fingerprint density at radius 2 is 1.88 bits per heavy atom. The van der Waals surface area contributed by atoms with E-state index in [1.165, 1.54) is 6.20 Å². The molecule has 1 heterocycles. The summed E-state index contributed by atoms with van der Waals surface area (Å²) in [4.78, 5) is 15.9. The van der Waals surface area contributed by atoms with E-state index in [1.807, 2.05) is 0 Å². The molecule has 0 bridgehead atoms. The van der Waals surface area contributed by atoms with Crippen LogP contribution in [0.5, 0.6) is 0 Å². The predicted molar refractivity (Wildman–Crippen MR) is 85.3 cm³/mol. The minimum atomic E-state index is -4.32. The molecule has 1 aromatic carbocycles. The third kappa shape index (κ3) is 6.25. The van der Waals surface area contributed by atoms with Gasteiger partial charge in [-0.3, -0.25) is 9.78 Å². The summed E-state index contributed by atoms with van der Waals surface area (Å²) in [6.45, 7) is 0. The highest BCUT2D eigenvalue weighted by atomic mass is 19.4. The molecule has 0 saturated heterocycles. The first-order chi connectivity index (χ1) is 11.4. The largest absolute Gasteiger partial charge is 0.390 e. The molecule has 2 aromatic rings. The zero-order valence-electron chi connectivity index (χ0n) is 12.9. The maximum Gasteiger partial charge on any atom is 0.390 e. The highest BCUT2D eigenvalue weighted by molar-refractivity contribution is 5.95. The molecule has 24 heavy (non-hydrogen) atoms. The maximum atomic E-state index is 12.7. The van der Waals surface area contributed by atoms with Crippen LogP contribution in [-0.4, -0.2) is 16.9 Å². The molecule has 5 heteroatoms. The summed E-state index contributed by atoms with van der Waals surface area (Å²) in [6, 6.07) is 11.9. The Balaban J connectivity index is 2.04. The number of ketones is 1. The van der Waals surface area contributed by atoms with E-state index in [9.17, 15) is 18.0 Å². The fourth-order valence-corrected chi connectivity index (χ4v) is 2.20. The quantitative estimate of drug-likeness (QED) is 0.589. The van der Waals surface area contributed by atoms with Crippen LogP contribution in [0.1, 0.15) is 35.2 Å². The van der Waals surface area contributed by atoms with E-state index in [-0.39, 0.29) is 18.6 Å². The predicted octanol–water partition coefficient (Wildman–Crippen LogP) is 4.66. The lowest BCUT2D eigenvalue weighted by molar-refractivity contribution is -0.140. The third-order valence-electron chi connectivity index (χ3n) is 3.38. The number of rotatable bonds is 5. The Labute approximate surface area is 138 Å². The molecule has 2 rings (SSSR count). The smallest absolute Gasteiger partial charge is 0.294 e. The molecule has 0 aliphatic carbocycles. The van der Waals surface area contributed by atoms with Crippen molar-refractivity contribution in [1.29, 1.82) is 0 Å². The summed E-state index contributed by atoms with van der Waals surface area (Å²) in [7, 11) is 0. The van der Waals surface area contributed by atoms with E-state index in [4.69, 9.17) is 0 Å². The van der Waals surface area contributed by atoms with Crippen molar-refractivity contribution in [3.63, 3.8) is 0 Å². The summed E-state index contributed by atoms with van der Waals surface area (Å²) in [5.41, 5.74) is 1.06. The molecule has 0 amide bonds. The number of carbonyl (C=O) groups is 1. The van der Waals surface area contributed by atoms with E-state index in [0.29, 0.717) is 11.1 Å². The number of hydrogen-bond donors (Lipinski definition) is 0. The second-order valence-electron chi connectivity index (χ2n) is 5.36. The van der Waals surface area contributed by atoms with Gasteiger partial charge in [0.2, 0.25) is 0 Å². The minimum absolute atomic E-state index is 0.0342. The van der Waals surface area contributed by atoms with Crippen molar-refractivity contribution in [2.45, 2.75) is 25.4 Å². The van der Waals surface area contributed by atoms with Crippen LogP contribution in [0.15, 0.2) is 54.9 Å². The van der Waals surface area contributed by atoms with Crippen molar-refractivity contribution >= 4 is 5.78 Å². The van der Waals surface area contributed by atoms with Gasteiger partial charge in [-0.25, -0.2) is 0 Å². The molecular weight excluding hydrogens is 315 g/mol. The molecule has 0 aliphatic rings. The van der Waals surface area contributed by atoms with Crippen molar-refractivity contribution in [2.24, 2.45) is 5.92 Å². The first kappa shape index (κ1) is 17.7. The molecule has 0 spiro atoms. The van der Waals surface area contributed by atoms with Gasteiger partial charge < -0.3 is 0 Å². The van der Waals surface area contributed by atoms with Gasteiger partial charge in [0.25, 0.3) is 0 Å². The van der Waals surface area contributed by atoms with E-state index in [2.05, 4.69) is 16.8 Å². The van der Waals surface area contributed by atoms with Crippen LogP contribution in [0.3, 0.4) is 0 Å². The summed E-state index contributed by atoms with van der Waals surface area (Å²) < 4.78 is 38.1. The number of hydrogen-bond acceptors (Lipinski definition) is 2. The van der Waals surface area contributed by atoms with Crippen LogP contribution < -0.4 is 0 Å². The molecule has 0 aliphatic heterocycles. The van der Waals surface area contributed by atoms with Gasteiger partial charge in [-0.1, -0.05) is 42.2 Å². The van der Waals surface area contributed by atoms with Crippen LogP contribution in [0, 0.1) is 17.8 Å². The molecule has 2 nitrogen and oxygen atoms in total. The molecule has 1 atom stereocenters. The molecular formula is C19H16F3NO. The second kappa shape index (κ2) is 8.30. The van der Waals surface area contributed by atoms with Gasteiger partial charge in [0, 0.05) is 35.9 Å². The highest BCUT2D eigenvalue weighted by Crippen LogP contribution is 2.27. The lowest BCUT2D eigenvalue weighted by Crippen LogP contribution is -2.15. The van der Waals surface area contributed by atoms with Gasteiger partial charge in [-0.05, 0) is 18.6 Å². The highest BCUT2D eigenvalue weighted by Gasteiger charge is 2.31. The van der Waals surface area contributed by atoms with E-state index in [1.54, 1.807) is 48.7 Å². The SMILES string of the molecule is O=C(CCC(C#Cc1cccnc1)CC(F)(F)F)c1ccccc1. The van der Waals surface area contributed by atoms with Crippen molar-refractivity contribution < 1.29 is 18.0 Å². The van der Waals surface area contributed by atoms with Crippen molar-refractivity contribution in [1.82, 2.24) is 4.98 Å². The Morgan fingerprint density at radius 1 is 1.12 bits per heavy atom. The van der Waals surface area contributed by atoms with Gasteiger partial charge in [0.15, 0.2) is 5.78 Å². The number of Topliss-reactive ketones (excluding diaryl/α,β-unsaturated/α-hetero) is 1. The molecule has 1 unspecified atom stereocenters.